The summed E-state index contributed by atoms with van der Waals surface area (Å²) in [5.41, 5.74) is 10.8. The highest BCUT2D eigenvalue weighted by Gasteiger charge is 2.11. The summed E-state index contributed by atoms with van der Waals surface area (Å²) in [7, 11) is 0. The molecule has 0 aromatic rings. The van der Waals surface area contributed by atoms with E-state index in [4.69, 9.17) is 11.5 Å². The van der Waals surface area contributed by atoms with Gasteiger partial charge in [0.2, 0.25) is 5.91 Å². The second-order valence-corrected chi connectivity index (χ2v) is 6.35. The lowest BCUT2D eigenvalue weighted by Gasteiger charge is -2.09. The van der Waals surface area contributed by atoms with Gasteiger partial charge in [0.25, 0.3) is 0 Å². The first-order valence-electron chi connectivity index (χ1n) is 9.36. The van der Waals surface area contributed by atoms with Gasteiger partial charge in [0.15, 0.2) is 0 Å². The van der Waals surface area contributed by atoms with Crippen LogP contribution >= 0.6 is 0 Å². The molecule has 0 saturated heterocycles. The quantitative estimate of drug-likeness (QED) is 0.320. The summed E-state index contributed by atoms with van der Waals surface area (Å²) in [6, 6.07) is 0. The van der Waals surface area contributed by atoms with Gasteiger partial charge in [-0.05, 0) is 32.1 Å². The number of allylic oxidation sites excluding steroid dienone is 2. The van der Waals surface area contributed by atoms with Crippen molar-refractivity contribution in [2.75, 3.05) is 6.54 Å². The van der Waals surface area contributed by atoms with Crippen molar-refractivity contribution in [1.29, 1.82) is 0 Å². The lowest BCUT2D eigenvalue weighted by Crippen LogP contribution is -2.29. The number of hydrogen-bond acceptors (Lipinski definition) is 2. The predicted molar refractivity (Wildman–Crippen MR) is 96.6 cm³/mol. The third-order valence-corrected chi connectivity index (χ3v) is 4.25. The number of amides is 1. The molecule has 1 amide bonds. The van der Waals surface area contributed by atoms with Gasteiger partial charge in [-0.2, -0.15) is 0 Å². The fourth-order valence-corrected chi connectivity index (χ4v) is 2.66. The fraction of sp³-hybridized carbons (Fsp3) is 0.842. The van der Waals surface area contributed by atoms with Gasteiger partial charge in [-0.15, -0.1) is 0 Å². The van der Waals surface area contributed by atoms with Gasteiger partial charge in [-0.25, -0.2) is 0 Å². The fourth-order valence-electron chi connectivity index (χ4n) is 2.66. The molecule has 1 unspecified atom stereocenters. The van der Waals surface area contributed by atoms with E-state index in [9.17, 15) is 4.79 Å². The van der Waals surface area contributed by atoms with Crippen LogP contribution in [-0.2, 0) is 4.79 Å². The number of carbonyl (C=O) groups is 1. The minimum absolute atomic E-state index is 0.128. The minimum Gasteiger partial charge on any atom is -0.369 e. The molecule has 0 saturated carbocycles. The van der Waals surface area contributed by atoms with E-state index in [0.717, 1.165) is 12.8 Å². The van der Waals surface area contributed by atoms with Gasteiger partial charge in [-0.1, -0.05) is 70.4 Å². The van der Waals surface area contributed by atoms with E-state index in [1.54, 1.807) is 0 Å². The van der Waals surface area contributed by atoms with Crippen molar-refractivity contribution in [1.82, 2.24) is 0 Å². The molecule has 0 heterocycles. The van der Waals surface area contributed by atoms with Gasteiger partial charge in [0, 0.05) is 12.5 Å². The van der Waals surface area contributed by atoms with Crippen LogP contribution in [0.5, 0.6) is 0 Å². The van der Waals surface area contributed by atoms with E-state index in [0.29, 0.717) is 6.54 Å². The first-order valence-corrected chi connectivity index (χ1v) is 9.36. The van der Waals surface area contributed by atoms with Crippen molar-refractivity contribution in [3.05, 3.63) is 12.2 Å². The van der Waals surface area contributed by atoms with E-state index in [1.807, 2.05) is 0 Å². The minimum atomic E-state index is -0.250. The Morgan fingerprint density at radius 3 is 1.86 bits per heavy atom. The van der Waals surface area contributed by atoms with Crippen LogP contribution in [0.25, 0.3) is 0 Å². The highest BCUT2D eigenvalue weighted by molar-refractivity contribution is 5.76. The summed E-state index contributed by atoms with van der Waals surface area (Å²) in [5.74, 6) is -0.377. The zero-order valence-electron chi connectivity index (χ0n) is 14.7. The van der Waals surface area contributed by atoms with Crippen LogP contribution in [0.15, 0.2) is 12.2 Å². The molecule has 22 heavy (non-hydrogen) atoms. The SMILES string of the molecule is CCCCCCCC/C=C\CCCCCCC(CN)C(N)=O. The molecular weight excluding hydrogens is 272 g/mol. The third kappa shape index (κ3) is 14.1. The normalized spacial score (nSPS) is 12.8. The largest absolute Gasteiger partial charge is 0.369 e. The average Bonchev–Trinajstić information content (AvgIpc) is 2.51. The highest BCUT2D eigenvalue weighted by Crippen LogP contribution is 2.11. The molecule has 0 aliphatic rings. The predicted octanol–water partition coefficient (Wildman–Crippen LogP) is 4.69. The molecule has 0 radical (unpaired) electrons. The van der Waals surface area contributed by atoms with Crippen LogP contribution in [-0.4, -0.2) is 12.5 Å². The van der Waals surface area contributed by atoms with Crippen LogP contribution in [0.2, 0.25) is 0 Å². The summed E-state index contributed by atoms with van der Waals surface area (Å²) in [6.45, 7) is 2.65. The zero-order chi connectivity index (χ0) is 16.5. The Balaban J connectivity index is 3.25. The number of primary amides is 1. The van der Waals surface area contributed by atoms with Crippen molar-refractivity contribution < 1.29 is 4.79 Å². The molecule has 130 valence electrons. The maximum Gasteiger partial charge on any atom is 0.221 e. The Morgan fingerprint density at radius 2 is 1.36 bits per heavy atom. The summed E-state index contributed by atoms with van der Waals surface area (Å²) >= 11 is 0. The zero-order valence-corrected chi connectivity index (χ0v) is 14.7. The monoisotopic (exact) mass is 310 g/mol. The summed E-state index contributed by atoms with van der Waals surface area (Å²) in [6.07, 6.45) is 20.9. The summed E-state index contributed by atoms with van der Waals surface area (Å²) in [4.78, 5) is 11.0. The topological polar surface area (TPSA) is 69.1 Å². The van der Waals surface area contributed by atoms with E-state index < -0.39 is 0 Å². The van der Waals surface area contributed by atoms with E-state index in [1.165, 1.54) is 70.6 Å². The Kier molecular flexibility index (Phi) is 15.9. The molecule has 0 aromatic carbocycles. The van der Waals surface area contributed by atoms with Crippen LogP contribution in [0, 0.1) is 5.92 Å². The molecule has 0 aromatic heterocycles. The number of hydrogen-bond donors (Lipinski definition) is 2. The number of unbranched alkanes of at least 4 members (excludes halogenated alkanes) is 10. The van der Waals surface area contributed by atoms with Gasteiger partial charge >= 0.3 is 0 Å². The molecule has 3 nitrogen and oxygen atoms in total. The second kappa shape index (κ2) is 16.5. The number of carbonyl (C=O) groups excluding carboxylic acids is 1. The maximum atomic E-state index is 11.0. The lowest BCUT2D eigenvalue weighted by molar-refractivity contribution is -0.121. The van der Waals surface area contributed by atoms with Crippen molar-refractivity contribution in [2.45, 2.75) is 90.4 Å². The molecule has 0 bridgehead atoms. The smallest absolute Gasteiger partial charge is 0.221 e. The van der Waals surface area contributed by atoms with Crippen LogP contribution in [0.3, 0.4) is 0 Å². The number of nitrogens with two attached hydrogens (primary N) is 2. The molecule has 1 atom stereocenters. The van der Waals surface area contributed by atoms with Crippen LogP contribution in [0.4, 0.5) is 0 Å². The Morgan fingerprint density at radius 1 is 0.864 bits per heavy atom. The van der Waals surface area contributed by atoms with E-state index in [2.05, 4.69) is 19.1 Å². The maximum absolute atomic E-state index is 11.0. The molecule has 3 heteroatoms. The first-order chi connectivity index (χ1) is 10.7. The Hall–Kier alpha value is -0.830. The Labute approximate surface area is 137 Å². The standard InChI is InChI=1S/C19H38N2O/c1-2-3-4-5-6-7-8-9-10-11-12-13-14-15-16-18(17-20)19(21)22/h9-10,18H,2-8,11-17,20H2,1H3,(H2,21,22)/b10-9-. The Bertz CT molecular complexity index is 277. The second-order valence-electron chi connectivity index (χ2n) is 6.35. The van der Waals surface area contributed by atoms with Crippen LogP contribution in [0.1, 0.15) is 90.4 Å². The molecule has 4 N–H and O–H groups in total. The van der Waals surface area contributed by atoms with Crippen molar-refractivity contribution >= 4 is 5.91 Å². The third-order valence-electron chi connectivity index (χ3n) is 4.25. The van der Waals surface area contributed by atoms with Gasteiger partial charge < -0.3 is 11.5 Å². The summed E-state index contributed by atoms with van der Waals surface area (Å²) < 4.78 is 0. The first kappa shape index (κ1) is 21.2. The lowest BCUT2D eigenvalue weighted by atomic mass is 10.00. The van der Waals surface area contributed by atoms with Crippen LogP contribution < -0.4 is 11.5 Å². The van der Waals surface area contributed by atoms with Gasteiger partial charge in [0.1, 0.15) is 0 Å². The molecule has 0 rings (SSSR count). The molecule has 0 fully saturated rings. The molecule has 0 spiro atoms. The number of rotatable bonds is 16. The van der Waals surface area contributed by atoms with E-state index >= 15 is 0 Å². The summed E-state index contributed by atoms with van der Waals surface area (Å²) in [5, 5.41) is 0. The van der Waals surface area contributed by atoms with Crippen molar-refractivity contribution in [2.24, 2.45) is 17.4 Å². The van der Waals surface area contributed by atoms with Gasteiger partial charge in [0.05, 0.1) is 0 Å². The van der Waals surface area contributed by atoms with Crippen molar-refractivity contribution in [3.8, 4) is 0 Å². The highest BCUT2D eigenvalue weighted by atomic mass is 16.1. The molecule has 0 aliphatic carbocycles. The van der Waals surface area contributed by atoms with Gasteiger partial charge in [-0.3, -0.25) is 4.79 Å². The average molecular weight is 311 g/mol. The molecule has 0 aliphatic heterocycles. The van der Waals surface area contributed by atoms with E-state index in [-0.39, 0.29) is 11.8 Å². The van der Waals surface area contributed by atoms with Crippen molar-refractivity contribution in [3.63, 3.8) is 0 Å². The molecular formula is C19H38N2O.